The van der Waals surface area contributed by atoms with Crippen molar-refractivity contribution in [2.45, 2.75) is 94.8 Å². The lowest BCUT2D eigenvalue weighted by atomic mass is 9.81. The predicted molar refractivity (Wildman–Crippen MR) is 185 cm³/mol. The number of allylic oxidation sites excluding steroid dienone is 6. The molecular formula is C36H47N2O5S2+. The van der Waals surface area contributed by atoms with Gasteiger partial charge in [-0.05, 0) is 75.6 Å². The van der Waals surface area contributed by atoms with Crippen LogP contribution in [-0.4, -0.2) is 46.7 Å². The molecule has 0 unspecified atom stereocenters. The van der Waals surface area contributed by atoms with Crippen LogP contribution in [0.2, 0.25) is 0 Å². The van der Waals surface area contributed by atoms with Crippen LogP contribution in [-0.2, 0) is 25.7 Å². The van der Waals surface area contributed by atoms with Gasteiger partial charge in [0.2, 0.25) is 5.69 Å². The summed E-state index contributed by atoms with van der Waals surface area (Å²) in [6.07, 6.45) is 13.8. The van der Waals surface area contributed by atoms with Crippen molar-refractivity contribution in [3.63, 3.8) is 0 Å². The third kappa shape index (κ3) is 7.22. The minimum atomic E-state index is -4.30. The molecule has 242 valence electrons. The van der Waals surface area contributed by atoms with Crippen LogP contribution in [0, 0.1) is 5.92 Å². The Labute approximate surface area is 273 Å². The van der Waals surface area contributed by atoms with Crippen LogP contribution in [0.3, 0.4) is 0 Å². The molecule has 45 heavy (non-hydrogen) atoms. The van der Waals surface area contributed by atoms with Gasteiger partial charge in [0.15, 0.2) is 5.71 Å². The van der Waals surface area contributed by atoms with E-state index in [1.165, 1.54) is 17.3 Å². The Morgan fingerprint density at radius 1 is 0.978 bits per heavy atom. The summed E-state index contributed by atoms with van der Waals surface area (Å²) in [6.45, 7) is 16.1. The smallest absolute Gasteiger partial charge is 0.294 e. The van der Waals surface area contributed by atoms with E-state index in [2.05, 4.69) is 74.5 Å². The number of carbonyl (C=O) groups excluding carboxylic acids is 1. The molecule has 7 nitrogen and oxygen atoms in total. The van der Waals surface area contributed by atoms with Crippen molar-refractivity contribution in [1.82, 2.24) is 0 Å². The Morgan fingerprint density at radius 3 is 2.36 bits per heavy atom. The van der Waals surface area contributed by atoms with E-state index < -0.39 is 15.5 Å². The number of benzene rings is 2. The first-order valence-corrected chi connectivity index (χ1v) is 17.9. The molecule has 2 aromatic rings. The molecule has 0 fully saturated rings. The number of anilines is 1. The zero-order valence-electron chi connectivity index (χ0n) is 27.5. The molecule has 2 N–H and O–H groups in total. The van der Waals surface area contributed by atoms with Gasteiger partial charge in [0.05, 0.1) is 10.3 Å². The summed E-state index contributed by atoms with van der Waals surface area (Å²) in [5, 5.41) is 0. The van der Waals surface area contributed by atoms with Gasteiger partial charge in [-0.1, -0.05) is 45.9 Å². The molecule has 2 aliphatic rings. The summed E-state index contributed by atoms with van der Waals surface area (Å²) in [5.41, 5.74) is 5.63. The van der Waals surface area contributed by atoms with E-state index in [1.807, 2.05) is 32.1 Å². The minimum Gasteiger partial charge on any atom is -0.344 e. The van der Waals surface area contributed by atoms with Gasteiger partial charge in [-0.25, -0.2) is 0 Å². The second-order valence-electron chi connectivity index (χ2n) is 13.2. The van der Waals surface area contributed by atoms with Crippen molar-refractivity contribution in [2.24, 2.45) is 5.92 Å². The standard InChI is InChI=1S/C36H46N2O5S2/c1-8-37-30-21-19-27(45(41,42)43)24-29(30)36(6,7)33(37)16-12-9-13-17-34-35(4,5)28-23-26(44-40)18-20-31(28)38(34)22-14-10-11-15-32(39)25(2)3/h9,12-13,16-21,23-25H,8,10-11,14-15,22H2,1-7H3,(H-,40,41,42,43)/p+1. The Bertz CT molecular complexity index is 1680. The molecule has 0 radical (unpaired) electrons. The maximum atomic E-state index is 12.1. The Kier molecular flexibility index (Phi) is 10.7. The third-order valence-electron chi connectivity index (χ3n) is 9.13. The van der Waals surface area contributed by atoms with Crippen molar-refractivity contribution < 1.29 is 26.9 Å². The molecule has 0 saturated heterocycles. The fourth-order valence-corrected chi connectivity index (χ4v) is 7.31. The number of likely N-dealkylation sites (N-methyl/N-ethyl adjacent to an activating group) is 1. The maximum absolute atomic E-state index is 12.1. The summed E-state index contributed by atoms with van der Waals surface area (Å²) in [7, 11) is -4.30. The fraction of sp³-hybridized carbons (Fsp3) is 0.444. The molecule has 4 rings (SSSR count). The second-order valence-corrected chi connectivity index (χ2v) is 15.3. The van der Waals surface area contributed by atoms with Crippen molar-refractivity contribution in [3.05, 3.63) is 83.6 Å². The van der Waals surface area contributed by atoms with E-state index in [1.54, 1.807) is 12.1 Å². The van der Waals surface area contributed by atoms with Gasteiger partial charge < -0.3 is 9.45 Å². The van der Waals surface area contributed by atoms with Gasteiger partial charge in [0.1, 0.15) is 12.3 Å². The van der Waals surface area contributed by atoms with Gasteiger partial charge in [-0.2, -0.15) is 13.0 Å². The van der Waals surface area contributed by atoms with Gasteiger partial charge in [0.25, 0.3) is 10.1 Å². The average molecular weight is 652 g/mol. The van der Waals surface area contributed by atoms with Gasteiger partial charge >= 0.3 is 0 Å². The number of carbonyl (C=O) groups is 1. The number of Topliss-reactive ketones (excluding diaryl/α,β-unsaturated/α-hetero) is 1. The summed E-state index contributed by atoms with van der Waals surface area (Å²) < 4.78 is 45.3. The van der Waals surface area contributed by atoms with E-state index >= 15 is 0 Å². The Morgan fingerprint density at radius 2 is 1.71 bits per heavy atom. The average Bonchev–Trinajstić information content (AvgIpc) is 3.33. The highest BCUT2D eigenvalue weighted by atomic mass is 32.2. The van der Waals surface area contributed by atoms with Crippen LogP contribution < -0.4 is 4.90 Å². The van der Waals surface area contributed by atoms with Crippen molar-refractivity contribution in [1.29, 1.82) is 0 Å². The number of unbranched alkanes of at least 4 members (excludes halogenated alkanes) is 2. The highest BCUT2D eigenvalue weighted by Gasteiger charge is 2.44. The number of rotatable bonds is 13. The number of ketones is 1. The number of fused-ring (bicyclic) bond motifs is 2. The van der Waals surface area contributed by atoms with Gasteiger partial charge in [-0.3, -0.25) is 9.35 Å². The lowest BCUT2D eigenvalue weighted by Crippen LogP contribution is -2.28. The molecule has 0 bridgehead atoms. The predicted octanol–water partition coefficient (Wildman–Crippen LogP) is 8.47. The van der Waals surface area contributed by atoms with E-state index in [4.69, 9.17) is 0 Å². The van der Waals surface area contributed by atoms with E-state index in [-0.39, 0.29) is 16.2 Å². The van der Waals surface area contributed by atoms with Crippen molar-refractivity contribution >= 4 is 45.0 Å². The first-order valence-electron chi connectivity index (χ1n) is 15.7. The Hall–Kier alpha value is -2.98. The summed E-state index contributed by atoms with van der Waals surface area (Å²) in [6, 6.07) is 10.9. The van der Waals surface area contributed by atoms with Crippen LogP contribution in [0.1, 0.15) is 85.3 Å². The molecule has 9 heteroatoms. The van der Waals surface area contributed by atoms with Crippen LogP contribution >= 0.6 is 12.0 Å². The molecular weight excluding hydrogens is 605 g/mol. The maximum Gasteiger partial charge on any atom is 0.294 e. The number of nitrogens with zero attached hydrogens (tertiary/aromatic N) is 2. The van der Waals surface area contributed by atoms with Gasteiger partial charge in [-0.15, -0.1) is 0 Å². The lowest BCUT2D eigenvalue weighted by Gasteiger charge is -2.25. The highest BCUT2D eigenvalue weighted by molar-refractivity contribution is 7.93. The normalized spacial score (nSPS) is 18.2. The largest absolute Gasteiger partial charge is 0.344 e. The van der Waals surface area contributed by atoms with E-state index in [0.29, 0.717) is 12.2 Å². The number of hydrogen-bond donors (Lipinski definition) is 2. The first kappa shape index (κ1) is 34.9. The molecule has 0 spiro atoms. The summed E-state index contributed by atoms with van der Waals surface area (Å²) >= 11 is 0.762. The molecule has 0 amide bonds. The molecule has 0 aromatic heterocycles. The number of hydrogen-bond acceptors (Lipinski definition) is 6. The lowest BCUT2D eigenvalue weighted by molar-refractivity contribution is -0.438. The molecule has 0 saturated carbocycles. The molecule has 2 aromatic carbocycles. The second kappa shape index (κ2) is 13.8. The molecule has 0 aliphatic carbocycles. The minimum absolute atomic E-state index is 0.0849. The highest BCUT2D eigenvalue weighted by Crippen LogP contribution is 2.48. The topological polar surface area (TPSA) is 97.9 Å². The van der Waals surface area contributed by atoms with Crippen LogP contribution in [0.15, 0.2) is 82.3 Å². The van der Waals surface area contributed by atoms with Gasteiger partial charge in [0, 0.05) is 76.7 Å². The third-order valence-corrected chi connectivity index (χ3v) is 10.4. The van der Waals surface area contributed by atoms with Crippen LogP contribution in [0.5, 0.6) is 0 Å². The van der Waals surface area contributed by atoms with Crippen molar-refractivity contribution in [2.75, 3.05) is 18.0 Å². The van der Waals surface area contributed by atoms with Crippen LogP contribution in [0.25, 0.3) is 0 Å². The first-order chi connectivity index (χ1) is 21.1. The molecule has 2 aliphatic heterocycles. The molecule has 0 atom stereocenters. The van der Waals surface area contributed by atoms with Crippen molar-refractivity contribution in [3.8, 4) is 0 Å². The zero-order valence-corrected chi connectivity index (χ0v) is 29.1. The zero-order chi connectivity index (χ0) is 33.2. The fourth-order valence-electron chi connectivity index (χ4n) is 6.50. The Balaban J connectivity index is 1.59. The quantitative estimate of drug-likeness (QED) is 0.0737. The van der Waals surface area contributed by atoms with E-state index in [0.717, 1.165) is 71.9 Å². The summed E-state index contributed by atoms with van der Waals surface area (Å²) in [4.78, 5) is 15.0. The summed E-state index contributed by atoms with van der Waals surface area (Å²) in [5.74, 6) is 0.407. The SMILES string of the molecule is CCN1\C(=C/C=C/C=C/C2=[N+](CCCCCC(=O)C(C)C)c3ccc(SO)cc3C2(C)C)C(C)(C)c2cc(S(=O)(=O)O)ccc21. The van der Waals surface area contributed by atoms with E-state index in [9.17, 15) is 22.3 Å². The molecule has 2 heterocycles. The van der Waals surface area contributed by atoms with Crippen LogP contribution in [0.4, 0.5) is 11.4 Å². The monoisotopic (exact) mass is 651 g/mol.